The molecular formula is C13H13Cl2N5O. The summed E-state index contributed by atoms with van der Waals surface area (Å²) in [6.07, 6.45) is 0. The number of hydrogen-bond donors (Lipinski definition) is 1. The fourth-order valence-electron chi connectivity index (χ4n) is 2.08. The average molecular weight is 326 g/mol. The van der Waals surface area contributed by atoms with Crippen molar-refractivity contribution in [3.8, 4) is 11.4 Å². The van der Waals surface area contributed by atoms with Crippen LogP contribution in [0.15, 0.2) is 18.2 Å². The number of nitrogens with zero attached hydrogens (tertiary/aromatic N) is 4. The van der Waals surface area contributed by atoms with E-state index in [2.05, 4.69) is 15.0 Å². The highest BCUT2D eigenvalue weighted by Crippen LogP contribution is 2.32. The van der Waals surface area contributed by atoms with E-state index in [1.165, 1.54) is 0 Å². The van der Waals surface area contributed by atoms with Gasteiger partial charge in [0.2, 0.25) is 11.9 Å². The van der Waals surface area contributed by atoms with Gasteiger partial charge in [0.1, 0.15) is 0 Å². The number of nitrogen functional groups attached to an aromatic ring is 1. The third-order valence-corrected chi connectivity index (χ3v) is 3.95. The predicted molar refractivity (Wildman–Crippen MR) is 82.7 cm³/mol. The fourth-order valence-corrected chi connectivity index (χ4v) is 2.47. The first-order chi connectivity index (χ1) is 10.1. The Bertz CT molecular complexity index is 661. The zero-order valence-corrected chi connectivity index (χ0v) is 12.6. The van der Waals surface area contributed by atoms with Crippen molar-refractivity contribution in [2.45, 2.75) is 0 Å². The van der Waals surface area contributed by atoms with Crippen LogP contribution in [0.25, 0.3) is 11.4 Å². The second kappa shape index (κ2) is 6.01. The summed E-state index contributed by atoms with van der Waals surface area (Å²) in [5.41, 5.74) is 6.43. The normalized spacial score (nSPS) is 15.2. The van der Waals surface area contributed by atoms with Crippen LogP contribution in [0.1, 0.15) is 0 Å². The summed E-state index contributed by atoms with van der Waals surface area (Å²) in [5.74, 6) is 1.09. The van der Waals surface area contributed by atoms with E-state index < -0.39 is 0 Å². The van der Waals surface area contributed by atoms with E-state index in [-0.39, 0.29) is 5.95 Å². The molecule has 1 aromatic heterocycles. The van der Waals surface area contributed by atoms with E-state index in [9.17, 15) is 0 Å². The first kappa shape index (κ1) is 14.3. The number of benzene rings is 1. The number of nitrogens with two attached hydrogens (primary N) is 1. The second-order valence-corrected chi connectivity index (χ2v) is 5.30. The molecule has 1 aromatic carbocycles. The van der Waals surface area contributed by atoms with Crippen molar-refractivity contribution in [3.63, 3.8) is 0 Å². The number of aromatic nitrogens is 3. The first-order valence-electron chi connectivity index (χ1n) is 6.44. The molecule has 1 aliphatic rings. The Labute approximate surface area is 131 Å². The zero-order valence-electron chi connectivity index (χ0n) is 11.1. The lowest BCUT2D eigenvalue weighted by Crippen LogP contribution is -2.37. The number of hydrogen-bond acceptors (Lipinski definition) is 6. The Morgan fingerprint density at radius 2 is 1.86 bits per heavy atom. The minimum absolute atomic E-state index is 0.150. The smallest absolute Gasteiger partial charge is 0.230 e. The van der Waals surface area contributed by atoms with Crippen LogP contribution < -0.4 is 10.6 Å². The number of halogens is 2. The van der Waals surface area contributed by atoms with E-state index >= 15 is 0 Å². The molecule has 8 heteroatoms. The monoisotopic (exact) mass is 325 g/mol. The van der Waals surface area contributed by atoms with E-state index in [4.69, 9.17) is 33.7 Å². The van der Waals surface area contributed by atoms with Crippen LogP contribution in [0, 0.1) is 0 Å². The molecular weight excluding hydrogens is 313 g/mol. The molecule has 0 unspecified atom stereocenters. The van der Waals surface area contributed by atoms with Gasteiger partial charge in [-0.15, -0.1) is 0 Å². The molecule has 6 nitrogen and oxygen atoms in total. The van der Waals surface area contributed by atoms with Gasteiger partial charge in [0.05, 0.1) is 23.3 Å². The Hall–Kier alpha value is -1.63. The average Bonchev–Trinajstić information content (AvgIpc) is 2.50. The molecule has 21 heavy (non-hydrogen) atoms. The Morgan fingerprint density at radius 3 is 2.62 bits per heavy atom. The molecule has 0 radical (unpaired) electrons. The topological polar surface area (TPSA) is 77.2 Å². The molecule has 1 aliphatic heterocycles. The summed E-state index contributed by atoms with van der Waals surface area (Å²) in [7, 11) is 0. The molecule has 3 rings (SSSR count). The summed E-state index contributed by atoms with van der Waals surface area (Å²) in [5, 5.41) is 0.846. The molecule has 0 spiro atoms. The van der Waals surface area contributed by atoms with Crippen LogP contribution >= 0.6 is 23.2 Å². The standard InChI is InChI=1S/C13H13Cl2N5O/c14-9-3-1-2-8(10(9)15)11-17-12(16)19-13(18-11)20-4-6-21-7-5-20/h1-3H,4-7H2,(H2,16,17,18,19). The summed E-state index contributed by atoms with van der Waals surface area (Å²) in [4.78, 5) is 14.8. The second-order valence-electron chi connectivity index (χ2n) is 4.52. The van der Waals surface area contributed by atoms with Gasteiger partial charge in [-0.3, -0.25) is 0 Å². The van der Waals surface area contributed by atoms with E-state index in [0.29, 0.717) is 53.7 Å². The number of rotatable bonds is 2. The van der Waals surface area contributed by atoms with Crippen molar-refractivity contribution in [1.82, 2.24) is 15.0 Å². The van der Waals surface area contributed by atoms with Gasteiger partial charge in [0.15, 0.2) is 5.82 Å². The maximum Gasteiger partial charge on any atom is 0.230 e. The number of anilines is 2. The first-order valence-corrected chi connectivity index (χ1v) is 7.19. The molecule has 1 fully saturated rings. The van der Waals surface area contributed by atoms with Crippen LogP contribution in [0.5, 0.6) is 0 Å². The highest BCUT2D eigenvalue weighted by atomic mass is 35.5. The molecule has 2 N–H and O–H groups in total. The van der Waals surface area contributed by atoms with Gasteiger partial charge in [0.25, 0.3) is 0 Å². The quantitative estimate of drug-likeness (QED) is 0.912. The molecule has 2 aromatic rings. The molecule has 0 saturated carbocycles. The Morgan fingerprint density at radius 1 is 1.10 bits per heavy atom. The van der Waals surface area contributed by atoms with Gasteiger partial charge in [-0.25, -0.2) is 0 Å². The zero-order chi connectivity index (χ0) is 14.8. The maximum absolute atomic E-state index is 6.21. The SMILES string of the molecule is Nc1nc(-c2cccc(Cl)c2Cl)nc(N2CCOCC2)n1. The van der Waals surface area contributed by atoms with Gasteiger partial charge < -0.3 is 15.4 Å². The largest absolute Gasteiger partial charge is 0.378 e. The highest BCUT2D eigenvalue weighted by Gasteiger charge is 2.18. The van der Waals surface area contributed by atoms with Crippen LogP contribution in [-0.2, 0) is 4.74 Å². The third-order valence-electron chi connectivity index (χ3n) is 3.13. The van der Waals surface area contributed by atoms with E-state index in [1.807, 2.05) is 4.90 Å². The molecule has 0 bridgehead atoms. The van der Waals surface area contributed by atoms with Crippen LogP contribution in [0.2, 0.25) is 10.0 Å². The van der Waals surface area contributed by atoms with Crippen molar-refractivity contribution in [2.75, 3.05) is 36.9 Å². The van der Waals surface area contributed by atoms with Gasteiger partial charge in [-0.05, 0) is 12.1 Å². The molecule has 1 saturated heterocycles. The van der Waals surface area contributed by atoms with Crippen molar-refractivity contribution >= 4 is 35.1 Å². The Balaban J connectivity index is 2.03. The highest BCUT2D eigenvalue weighted by molar-refractivity contribution is 6.43. The fraction of sp³-hybridized carbons (Fsp3) is 0.308. The maximum atomic E-state index is 6.21. The van der Waals surface area contributed by atoms with Gasteiger partial charge in [-0.1, -0.05) is 29.3 Å². The lowest BCUT2D eigenvalue weighted by atomic mass is 10.2. The summed E-state index contributed by atoms with van der Waals surface area (Å²) < 4.78 is 5.32. The minimum atomic E-state index is 0.150. The molecule has 2 heterocycles. The van der Waals surface area contributed by atoms with Gasteiger partial charge >= 0.3 is 0 Å². The van der Waals surface area contributed by atoms with Crippen molar-refractivity contribution < 1.29 is 4.74 Å². The van der Waals surface area contributed by atoms with Gasteiger partial charge in [0, 0.05) is 18.7 Å². The molecule has 110 valence electrons. The molecule has 0 aliphatic carbocycles. The number of ether oxygens (including phenoxy) is 1. The van der Waals surface area contributed by atoms with Gasteiger partial charge in [-0.2, -0.15) is 15.0 Å². The summed E-state index contributed by atoms with van der Waals surface area (Å²) in [6, 6.07) is 5.30. The lowest BCUT2D eigenvalue weighted by molar-refractivity contribution is 0.122. The summed E-state index contributed by atoms with van der Waals surface area (Å²) >= 11 is 12.2. The van der Waals surface area contributed by atoms with Crippen LogP contribution in [0.4, 0.5) is 11.9 Å². The van der Waals surface area contributed by atoms with E-state index in [1.54, 1.807) is 18.2 Å². The van der Waals surface area contributed by atoms with E-state index in [0.717, 1.165) is 0 Å². The number of morpholine rings is 1. The van der Waals surface area contributed by atoms with Crippen LogP contribution in [-0.4, -0.2) is 41.3 Å². The molecule has 0 atom stereocenters. The van der Waals surface area contributed by atoms with Crippen molar-refractivity contribution in [1.29, 1.82) is 0 Å². The summed E-state index contributed by atoms with van der Waals surface area (Å²) in [6.45, 7) is 2.70. The van der Waals surface area contributed by atoms with Crippen LogP contribution in [0.3, 0.4) is 0 Å². The van der Waals surface area contributed by atoms with Crippen molar-refractivity contribution in [3.05, 3.63) is 28.2 Å². The third kappa shape index (κ3) is 3.02. The predicted octanol–water partition coefficient (Wildman–Crippen LogP) is 2.26. The minimum Gasteiger partial charge on any atom is -0.378 e. The van der Waals surface area contributed by atoms with Crippen molar-refractivity contribution in [2.24, 2.45) is 0 Å². The lowest BCUT2D eigenvalue weighted by Gasteiger charge is -2.26. The molecule has 0 amide bonds. The Kier molecular flexibility index (Phi) is 4.10.